The Balaban J connectivity index is 1.80. The quantitative estimate of drug-likeness (QED) is 0.917. The van der Waals surface area contributed by atoms with Gasteiger partial charge in [-0.1, -0.05) is 5.16 Å². The average molecular weight is 355 g/mol. The van der Waals surface area contributed by atoms with Gasteiger partial charge in [0, 0.05) is 31.7 Å². The van der Waals surface area contributed by atoms with Crippen LogP contribution < -0.4 is 5.32 Å². The summed E-state index contributed by atoms with van der Waals surface area (Å²) in [6, 6.07) is 4.76. The van der Waals surface area contributed by atoms with Gasteiger partial charge in [0.25, 0.3) is 5.89 Å². The normalized spacial score (nSPS) is 17.9. The molecular weight excluding hydrogens is 339 g/mol. The van der Waals surface area contributed by atoms with Crippen LogP contribution in [0.3, 0.4) is 0 Å². The van der Waals surface area contributed by atoms with Crippen molar-refractivity contribution < 1.29 is 8.91 Å². The smallest absolute Gasteiger partial charge is 0.258 e. The Morgan fingerprint density at radius 3 is 2.86 bits per heavy atom. The highest BCUT2D eigenvalue weighted by Gasteiger charge is 2.22. The number of hydrogen-bond acceptors (Lipinski definition) is 5. The highest BCUT2D eigenvalue weighted by molar-refractivity contribution is 9.10. The van der Waals surface area contributed by atoms with Gasteiger partial charge in [-0.15, -0.1) is 0 Å². The summed E-state index contributed by atoms with van der Waals surface area (Å²) in [6.07, 6.45) is 0. The Morgan fingerprint density at radius 2 is 2.14 bits per heavy atom. The van der Waals surface area contributed by atoms with E-state index in [0.717, 1.165) is 26.2 Å². The number of nitrogens with zero attached hydrogens (tertiary/aromatic N) is 3. The monoisotopic (exact) mass is 354 g/mol. The topological polar surface area (TPSA) is 54.2 Å². The van der Waals surface area contributed by atoms with Crippen LogP contribution in [-0.4, -0.2) is 41.2 Å². The molecule has 1 saturated heterocycles. The van der Waals surface area contributed by atoms with Crippen molar-refractivity contribution in [2.24, 2.45) is 0 Å². The molecule has 2 heterocycles. The molecule has 2 aromatic rings. The third-order valence-electron chi connectivity index (χ3n) is 3.68. The maximum Gasteiger partial charge on any atom is 0.258 e. The van der Waals surface area contributed by atoms with Gasteiger partial charge in [0.2, 0.25) is 0 Å². The lowest BCUT2D eigenvalue weighted by molar-refractivity contribution is 0.176. The van der Waals surface area contributed by atoms with Crippen LogP contribution in [0.1, 0.15) is 18.8 Å². The summed E-state index contributed by atoms with van der Waals surface area (Å²) in [5.41, 5.74) is 0.703. The van der Waals surface area contributed by atoms with E-state index in [1.165, 1.54) is 6.07 Å². The summed E-state index contributed by atoms with van der Waals surface area (Å²) in [5, 5.41) is 7.38. The fraction of sp³-hybridized carbons (Fsp3) is 0.429. The van der Waals surface area contributed by atoms with Gasteiger partial charge in [0.1, 0.15) is 5.82 Å². The number of aromatic nitrogens is 2. The highest BCUT2D eigenvalue weighted by atomic mass is 79.9. The molecule has 0 aliphatic carbocycles. The van der Waals surface area contributed by atoms with E-state index in [0.29, 0.717) is 21.8 Å². The van der Waals surface area contributed by atoms with Gasteiger partial charge in [-0.05, 0) is 41.1 Å². The maximum absolute atomic E-state index is 13.3. The Hall–Kier alpha value is -1.31. The zero-order chi connectivity index (χ0) is 14.8. The summed E-state index contributed by atoms with van der Waals surface area (Å²) < 4.78 is 19.0. The first-order chi connectivity index (χ1) is 10.1. The lowest BCUT2D eigenvalue weighted by Crippen LogP contribution is -2.44. The van der Waals surface area contributed by atoms with E-state index in [-0.39, 0.29) is 11.9 Å². The van der Waals surface area contributed by atoms with Crippen molar-refractivity contribution in [3.8, 4) is 11.5 Å². The molecule has 0 amide bonds. The van der Waals surface area contributed by atoms with Crippen LogP contribution in [0.4, 0.5) is 4.39 Å². The number of halogens is 2. The van der Waals surface area contributed by atoms with Crippen LogP contribution in [0.15, 0.2) is 27.2 Å². The zero-order valence-electron chi connectivity index (χ0n) is 11.6. The molecule has 0 bridgehead atoms. The summed E-state index contributed by atoms with van der Waals surface area (Å²) in [7, 11) is 0. The Labute approximate surface area is 130 Å². The molecule has 1 aromatic carbocycles. The highest BCUT2D eigenvalue weighted by Crippen LogP contribution is 2.26. The van der Waals surface area contributed by atoms with Crippen molar-refractivity contribution in [2.75, 3.05) is 26.2 Å². The van der Waals surface area contributed by atoms with Gasteiger partial charge in [-0.2, -0.15) is 4.98 Å². The minimum atomic E-state index is -0.312. The van der Waals surface area contributed by atoms with E-state index < -0.39 is 0 Å². The van der Waals surface area contributed by atoms with Crippen LogP contribution in [0.25, 0.3) is 11.5 Å². The molecule has 0 spiro atoms. The SMILES string of the molecule is CC(c1noc(-c2ccc(F)c(Br)c2)n1)N1CCNCC1. The summed E-state index contributed by atoms with van der Waals surface area (Å²) >= 11 is 3.16. The predicted molar refractivity (Wildman–Crippen MR) is 80.2 cm³/mol. The van der Waals surface area contributed by atoms with Crippen molar-refractivity contribution in [2.45, 2.75) is 13.0 Å². The average Bonchev–Trinajstić information content (AvgIpc) is 3.00. The maximum atomic E-state index is 13.3. The van der Waals surface area contributed by atoms with Gasteiger partial charge >= 0.3 is 0 Å². The molecule has 0 saturated carbocycles. The third kappa shape index (κ3) is 3.14. The summed E-state index contributed by atoms with van der Waals surface area (Å²) in [4.78, 5) is 6.75. The molecule has 1 aliphatic heterocycles. The Kier molecular flexibility index (Phi) is 4.32. The Bertz CT molecular complexity index is 627. The van der Waals surface area contributed by atoms with E-state index in [1.54, 1.807) is 12.1 Å². The molecule has 1 aliphatic rings. The molecule has 5 nitrogen and oxygen atoms in total. The van der Waals surface area contributed by atoms with Crippen LogP contribution in [-0.2, 0) is 0 Å². The van der Waals surface area contributed by atoms with E-state index in [1.807, 2.05) is 0 Å². The van der Waals surface area contributed by atoms with Crippen LogP contribution in [0, 0.1) is 5.82 Å². The van der Waals surface area contributed by atoms with Crippen molar-refractivity contribution in [3.63, 3.8) is 0 Å². The largest absolute Gasteiger partial charge is 0.334 e. The van der Waals surface area contributed by atoms with E-state index in [9.17, 15) is 4.39 Å². The molecule has 1 unspecified atom stereocenters. The van der Waals surface area contributed by atoms with Crippen molar-refractivity contribution in [1.82, 2.24) is 20.4 Å². The first-order valence-corrected chi connectivity index (χ1v) is 7.68. The molecule has 3 rings (SSSR count). The van der Waals surface area contributed by atoms with Crippen LogP contribution >= 0.6 is 15.9 Å². The van der Waals surface area contributed by atoms with Gasteiger partial charge in [0.15, 0.2) is 5.82 Å². The summed E-state index contributed by atoms with van der Waals surface area (Å²) in [5.74, 6) is 0.757. The number of hydrogen-bond donors (Lipinski definition) is 1. The van der Waals surface area contributed by atoms with Gasteiger partial charge in [-0.25, -0.2) is 4.39 Å². The lowest BCUT2D eigenvalue weighted by atomic mass is 10.2. The first kappa shape index (κ1) is 14.6. The molecule has 1 fully saturated rings. The second kappa shape index (κ2) is 6.21. The van der Waals surface area contributed by atoms with Crippen LogP contribution in [0.5, 0.6) is 0 Å². The summed E-state index contributed by atoms with van der Waals surface area (Å²) in [6.45, 7) is 5.95. The molecule has 112 valence electrons. The number of nitrogens with one attached hydrogen (secondary N) is 1. The lowest BCUT2D eigenvalue weighted by Gasteiger charge is -2.30. The second-order valence-electron chi connectivity index (χ2n) is 5.05. The fourth-order valence-corrected chi connectivity index (χ4v) is 2.76. The van der Waals surface area contributed by atoms with Crippen molar-refractivity contribution >= 4 is 15.9 Å². The van der Waals surface area contributed by atoms with Gasteiger partial charge < -0.3 is 9.84 Å². The van der Waals surface area contributed by atoms with E-state index in [2.05, 4.69) is 43.2 Å². The van der Waals surface area contributed by atoms with Crippen LogP contribution in [0.2, 0.25) is 0 Å². The third-order valence-corrected chi connectivity index (χ3v) is 4.29. The van der Waals surface area contributed by atoms with E-state index >= 15 is 0 Å². The number of benzene rings is 1. The zero-order valence-corrected chi connectivity index (χ0v) is 13.2. The van der Waals surface area contributed by atoms with Gasteiger partial charge in [-0.3, -0.25) is 4.90 Å². The second-order valence-corrected chi connectivity index (χ2v) is 5.90. The number of piperazine rings is 1. The first-order valence-electron chi connectivity index (χ1n) is 6.89. The van der Waals surface area contributed by atoms with Gasteiger partial charge in [0.05, 0.1) is 10.5 Å². The molecule has 1 atom stereocenters. The molecule has 1 N–H and O–H groups in total. The van der Waals surface area contributed by atoms with Crippen molar-refractivity contribution in [1.29, 1.82) is 0 Å². The Morgan fingerprint density at radius 1 is 1.38 bits per heavy atom. The standard InChI is InChI=1S/C14H16BrFN4O/c1-9(20-6-4-17-5-7-20)13-18-14(21-19-13)10-2-3-12(16)11(15)8-10/h2-3,8-9,17H,4-7H2,1H3. The molecule has 21 heavy (non-hydrogen) atoms. The molecule has 7 heteroatoms. The molecule has 1 aromatic heterocycles. The minimum Gasteiger partial charge on any atom is -0.334 e. The fourth-order valence-electron chi connectivity index (χ4n) is 2.38. The van der Waals surface area contributed by atoms with Crippen molar-refractivity contribution in [3.05, 3.63) is 34.3 Å². The predicted octanol–water partition coefficient (Wildman–Crippen LogP) is 2.60. The van der Waals surface area contributed by atoms with E-state index in [4.69, 9.17) is 4.52 Å². The molecular formula is C14H16BrFN4O. The minimum absolute atomic E-state index is 0.105. The molecule has 0 radical (unpaired) electrons. The number of rotatable bonds is 3.